The lowest BCUT2D eigenvalue weighted by Crippen LogP contribution is -2.24. The van der Waals surface area contributed by atoms with E-state index in [1.54, 1.807) is 13.1 Å². The number of alkyl halides is 3. The highest BCUT2D eigenvalue weighted by Gasteiger charge is 2.31. The maximum atomic E-state index is 12.7. The lowest BCUT2D eigenvalue weighted by molar-refractivity contribution is -0.274. The van der Waals surface area contributed by atoms with E-state index in [2.05, 4.69) is 25.1 Å². The van der Waals surface area contributed by atoms with Crippen LogP contribution in [-0.2, 0) is 13.1 Å². The maximum Gasteiger partial charge on any atom is 0.573 e. The zero-order valence-corrected chi connectivity index (χ0v) is 18.5. The maximum absolute atomic E-state index is 12.7. The number of carbonyl (C=O) groups is 1. The van der Waals surface area contributed by atoms with Crippen molar-refractivity contribution in [2.45, 2.75) is 26.4 Å². The Morgan fingerprint density at radius 1 is 1.24 bits per heavy atom. The molecule has 1 aromatic carbocycles. The first-order valence-corrected chi connectivity index (χ1v) is 11.0. The fraction of sp³-hybridized carbons (Fsp3) is 0.211. The van der Waals surface area contributed by atoms with E-state index < -0.39 is 12.1 Å². The van der Waals surface area contributed by atoms with Gasteiger partial charge in [0.2, 0.25) is 0 Å². The number of amides is 1. The number of carbonyl (C=O) groups excluding carboxylic acids is 1. The number of ether oxygens (including phenoxy) is 1. The zero-order valence-electron chi connectivity index (χ0n) is 16.9. The minimum Gasteiger partial charge on any atom is -0.406 e. The molecule has 33 heavy (non-hydrogen) atoms. The van der Waals surface area contributed by atoms with E-state index in [4.69, 9.17) is 0 Å². The summed E-state index contributed by atoms with van der Waals surface area (Å²) in [5.41, 5.74) is 0.509. The predicted molar refractivity (Wildman–Crippen MR) is 114 cm³/mol. The molecule has 9 nitrogen and oxygen atoms in total. The van der Waals surface area contributed by atoms with Crippen molar-refractivity contribution >= 4 is 28.6 Å². The third kappa shape index (κ3) is 5.46. The Bertz CT molecular complexity index is 1310. The van der Waals surface area contributed by atoms with Gasteiger partial charge in [0.15, 0.2) is 5.13 Å². The molecule has 3 aromatic heterocycles. The Kier molecular flexibility index (Phi) is 6.29. The Labute approximate surface area is 192 Å². The minimum absolute atomic E-state index is 0.0314. The summed E-state index contributed by atoms with van der Waals surface area (Å²) in [6.07, 6.45) is -1.85. The molecule has 1 amide bonds. The molecule has 1 N–H and O–H groups in total. The Morgan fingerprint density at radius 3 is 2.67 bits per heavy atom. The highest BCUT2D eigenvalue weighted by atomic mass is 32.1. The molecule has 3 heterocycles. The number of halogens is 3. The first kappa shape index (κ1) is 22.7. The van der Waals surface area contributed by atoms with Crippen LogP contribution in [0.25, 0.3) is 5.13 Å². The van der Waals surface area contributed by atoms with Gasteiger partial charge in [-0.25, -0.2) is 24.0 Å². The Balaban J connectivity index is 1.47. The molecule has 0 atom stereocenters. The van der Waals surface area contributed by atoms with E-state index in [-0.39, 0.29) is 29.9 Å². The quantitative estimate of drug-likeness (QED) is 0.422. The number of thiazole rings is 2. The number of benzene rings is 1. The molecule has 14 heteroatoms. The molecule has 0 fully saturated rings. The standard InChI is InChI=1S/C19H15F3N6O3S2/c1-11-15(16(29)24-8-14-23-6-7-32-14)33-17(26-11)27-10-25-28(18(27)30)9-12-2-4-13(5-3-12)31-19(20,21)22/h2-7,10H,8-9H2,1H3,(H,24,29). The van der Waals surface area contributed by atoms with Crippen LogP contribution in [0, 0.1) is 6.92 Å². The number of rotatable bonds is 7. The summed E-state index contributed by atoms with van der Waals surface area (Å²) in [5, 5.41) is 9.66. The number of hydrogen-bond acceptors (Lipinski definition) is 8. The van der Waals surface area contributed by atoms with Gasteiger partial charge in [-0.1, -0.05) is 23.5 Å². The van der Waals surface area contributed by atoms with Crippen molar-refractivity contribution in [3.8, 4) is 10.9 Å². The van der Waals surface area contributed by atoms with Crippen molar-refractivity contribution in [3.63, 3.8) is 0 Å². The number of aryl methyl sites for hydroxylation is 1. The molecule has 0 spiro atoms. The third-order valence-electron chi connectivity index (χ3n) is 4.30. The fourth-order valence-corrected chi connectivity index (χ4v) is 4.32. The van der Waals surface area contributed by atoms with E-state index in [0.29, 0.717) is 16.1 Å². The molecule has 0 aliphatic carbocycles. The molecule has 0 radical (unpaired) electrons. The van der Waals surface area contributed by atoms with Gasteiger partial charge in [0.05, 0.1) is 18.8 Å². The average molecular weight is 496 g/mol. The lowest BCUT2D eigenvalue weighted by Gasteiger charge is -2.09. The molecule has 0 aliphatic heterocycles. The van der Waals surface area contributed by atoms with Gasteiger partial charge in [-0.2, -0.15) is 5.10 Å². The monoisotopic (exact) mass is 496 g/mol. The fourth-order valence-electron chi connectivity index (χ4n) is 2.82. The van der Waals surface area contributed by atoms with Crippen molar-refractivity contribution in [3.05, 3.63) is 73.8 Å². The van der Waals surface area contributed by atoms with Crippen molar-refractivity contribution in [2.75, 3.05) is 0 Å². The van der Waals surface area contributed by atoms with E-state index in [9.17, 15) is 22.8 Å². The first-order chi connectivity index (χ1) is 15.7. The summed E-state index contributed by atoms with van der Waals surface area (Å²) < 4.78 is 43.0. The normalized spacial score (nSPS) is 11.5. The molecule has 4 aromatic rings. The summed E-state index contributed by atoms with van der Waals surface area (Å²) in [6, 6.07) is 5.13. The van der Waals surface area contributed by atoms with Crippen LogP contribution in [0.5, 0.6) is 5.75 Å². The van der Waals surface area contributed by atoms with Crippen LogP contribution in [0.1, 0.15) is 25.9 Å². The average Bonchev–Trinajstić information content (AvgIpc) is 3.48. The van der Waals surface area contributed by atoms with Gasteiger partial charge < -0.3 is 10.1 Å². The van der Waals surface area contributed by atoms with Crippen LogP contribution in [0.15, 0.2) is 47.0 Å². The van der Waals surface area contributed by atoms with Crippen LogP contribution < -0.4 is 15.7 Å². The zero-order chi connectivity index (χ0) is 23.6. The molecule has 0 aliphatic rings. The summed E-state index contributed by atoms with van der Waals surface area (Å²) in [4.78, 5) is 34.0. The van der Waals surface area contributed by atoms with Crippen molar-refractivity contribution < 1.29 is 22.7 Å². The largest absolute Gasteiger partial charge is 0.573 e. The molecule has 0 saturated carbocycles. The smallest absolute Gasteiger partial charge is 0.406 e. The van der Waals surface area contributed by atoms with Crippen LogP contribution >= 0.6 is 22.7 Å². The van der Waals surface area contributed by atoms with Gasteiger partial charge >= 0.3 is 12.1 Å². The summed E-state index contributed by atoms with van der Waals surface area (Å²) in [5.74, 6) is -0.684. The summed E-state index contributed by atoms with van der Waals surface area (Å²) in [7, 11) is 0. The molecule has 172 valence electrons. The van der Waals surface area contributed by atoms with Crippen LogP contribution in [-0.4, -0.2) is 36.6 Å². The predicted octanol–water partition coefficient (Wildman–Crippen LogP) is 3.13. The molecular weight excluding hydrogens is 481 g/mol. The lowest BCUT2D eigenvalue weighted by atomic mass is 10.2. The van der Waals surface area contributed by atoms with Gasteiger partial charge in [-0.05, 0) is 24.6 Å². The topological polar surface area (TPSA) is 104 Å². The van der Waals surface area contributed by atoms with E-state index in [1.165, 1.54) is 34.4 Å². The Morgan fingerprint density at radius 2 is 2.00 bits per heavy atom. The number of aromatic nitrogens is 5. The van der Waals surface area contributed by atoms with Crippen molar-refractivity contribution in [1.29, 1.82) is 0 Å². The number of hydrogen-bond donors (Lipinski definition) is 1. The highest BCUT2D eigenvalue weighted by Crippen LogP contribution is 2.23. The second-order valence-corrected chi connectivity index (χ2v) is 8.61. The first-order valence-electron chi connectivity index (χ1n) is 9.33. The van der Waals surface area contributed by atoms with Gasteiger partial charge in [-0.3, -0.25) is 4.79 Å². The van der Waals surface area contributed by atoms with Crippen LogP contribution in [0.3, 0.4) is 0 Å². The Hall–Kier alpha value is -3.52. The van der Waals surface area contributed by atoms with Gasteiger partial charge in [-0.15, -0.1) is 24.5 Å². The summed E-state index contributed by atoms with van der Waals surface area (Å²) in [6.45, 7) is 1.98. The van der Waals surface area contributed by atoms with Crippen LogP contribution in [0.2, 0.25) is 0 Å². The number of nitrogens with one attached hydrogen (secondary N) is 1. The summed E-state index contributed by atoms with van der Waals surface area (Å²) >= 11 is 2.47. The van der Waals surface area contributed by atoms with Crippen LogP contribution in [0.4, 0.5) is 13.2 Å². The SMILES string of the molecule is Cc1nc(-n2cnn(Cc3ccc(OC(F)(F)F)cc3)c2=O)sc1C(=O)NCc1nccs1. The minimum atomic E-state index is -4.78. The second kappa shape index (κ2) is 9.15. The van der Waals surface area contributed by atoms with E-state index >= 15 is 0 Å². The molecule has 0 bridgehead atoms. The van der Waals surface area contributed by atoms with Gasteiger partial charge in [0.25, 0.3) is 5.91 Å². The third-order valence-corrected chi connectivity index (χ3v) is 6.24. The highest BCUT2D eigenvalue weighted by molar-refractivity contribution is 7.16. The van der Waals surface area contributed by atoms with E-state index in [1.807, 2.05) is 5.38 Å². The van der Waals surface area contributed by atoms with Crippen molar-refractivity contribution in [1.82, 2.24) is 29.6 Å². The van der Waals surface area contributed by atoms with Gasteiger partial charge in [0.1, 0.15) is 22.0 Å². The number of nitrogens with zero attached hydrogens (tertiary/aromatic N) is 5. The molecule has 0 unspecified atom stereocenters. The van der Waals surface area contributed by atoms with Crippen molar-refractivity contribution in [2.24, 2.45) is 0 Å². The van der Waals surface area contributed by atoms with Gasteiger partial charge in [0, 0.05) is 11.6 Å². The second-order valence-electron chi connectivity index (χ2n) is 6.65. The molecular formula is C19H15F3N6O3S2. The van der Waals surface area contributed by atoms with E-state index in [0.717, 1.165) is 33.2 Å². The molecule has 4 rings (SSSR count). The molecule has 0 saturated heterocycles.